The van der Waals surface area contributed by atoms with Gasteiger partial charge >= 0.3 is 0 Å². The highest BCUT2D eigenvalue weighted by Crippen LogP contribution is 2.18. The zero-order chi connectivity index (χ0) is 12.7. The van der Waals surface area contributed by atoms with Crippen LogP contribution in [0.2, 0.25) is 0 Å². The number of nitrogens with one attached hydrogen (secondary N) is 1. The number of imide groups is 1. The van der Waals surface area contributed by atoms with E-state index in [2.05, 4.69) is 10.3 Å². The second kappa shape index (κ2) is 3.83. The summed E-state index contributed by atoms with van der Waals surface area (Å²) >= 11 is 0. The molecule has 1 aliphatic heterocycles. The first-order valence-electron chi connectivity index (χ1n) is 5.66. The molecule has 1 aliphatic rings. The summed E-state index contributed by atoms with van der Waals surface area (Å²) in [7, 11) is 1.50. The van der Waals surface area contributed by atoms with Crippen molar-refractivity contribution in [3.05, 3.63) is 30.6 Å². The summed E-state index contributed by atoms with van der Waals surface area (Å²) < 4.78 is 1.84. The molecule has 1 N–H and O–H groups in total. The number of imidazole rings is 1. The predicted octanol–water partition coefficient (Wildman–Crippen LogP) is 0.503. The van der Waals surface area contributed by atoms with Gasteiger partial charge in [0, 0.05) is 19.4 Å². The molecule has 6 heteroatoms. The summed E-state index contributed by atoms with van der Waals surface area (Å²) in [6, 6.07) is 5.09. The summed E-state index contributed by atoms with van der Waals surface area (Å²) in [6.45, 7) is 0. The number of rotatable bonds is 2. The van der Waals surface area contributed by atoms with Crippen LogP contribution in [0, 0.1) is 0 Å². The van der Waals surface area contributed by atoms with Crippen LogP contribution < -0.4 is 5.32 Å². The van der Waals surface area contributed by atoms with Crippen molar-refractivity contribution in [3.63, 3.8) is 0 Å². The number of hydrogen-bond acceptors (Lipinski definition) is 4. The highest BCUT2D eigenvalue weighted by atomic mass is 16.2. The lowest BCUT2D eigenvalue weighted by atomic mass is 10.2. The normalized spacial score (nSPS) is 19.8. The molecular formula is C12H12N4O2. The van der Waals surface area contributed by atoms with Crippen LogP contribution >= 0.6 is 0 Å². The number of aromatic nitrogens is 2. The Kier molecular flexibility index (Phi) is 2.29. The SMILES string of the molecule is CN1C(=O)CC(Nc2cccc3nccn23)C1=O. The van der Waals surface area contributed by atoms with Gasteiger partial charge in [-0.15, -0.1) is 0 Å². The molecule has 1 unspecified atom stereocenters. The van der Waals surface area contributed by atoms with Crippen molar-refractivity contribution in [2.75, 3.05) is 12.4 Å². The van der Waals surface area contributed by atoms with E-state index in [1.807, 2.05) is 28.8 Å². The van der Waals surface area contributed by atoms with Crippen molar-refractivity contribution < 1.29 is 9.59 Å². The molecule has 0 spiro atoms. The van der Waals surface area contributed by atoms with Gasteiger partial charge < -0.3 is 5.32 Å². The topological polar surface area (TPSA) is 66.7 Å². The lowest BCUT2D eigenvalue weighted by Crippen LogP contribution is -2.32. The molecule has 0 aliphatic carbocycles. The Morgan fingerprint density at radius 3 is 2.94 bits per heavy atom. The van der Waals surface area contributed by atoms with Gasteiger partial charge in [0.1, 0.15) is 17.5 Å². The number of likely N-dealkylation sites (N-methyl/N-ethyl adjacent to an activating group) is 1. The van der Waals surface area contributed by atoms with Crippen LogP contribution in [0.3, 0.4) is 0 Å². The van der Waals surface area contributed by atoms with Crippen molar-refractivity contribution in [1.29, 1.82) is 0 Å². The van der Waals surface area contributed by atoms with Crippen LogP contribution in [-0.4, -0.2) is 39.2 Å². The molecule has 0 radical (unpaired) electrons. The summed E-state index contributed by atoms with van der Waals surface area (Å²) in [4.78, 5) is 28.6. The Morgan fingerprint density at radius 1 is 1.39 bits per heavy atom. The fraction of sp³-hybridized carbons (Fsp3) is 0.250. The molecule has 1 saturated heterocycles. The van der Waals surface area contributed by atoms with Gasteiger partial charge in [-0.1, -0.05) is 6.07 Å². The number of pyridine rings is 1. The van der Waals surface area contributed by atoms with Crippen LogP contribution in [0.25, 0.3) is 5.65 Å². The minimum atomic E-state index is -0.490. The smallest absolute Gasteiger partial charge is 0.251 e. The van der Waals surface area contributed by atoms with Crippen molar-refractivity contribution in [2.24, 2.45) is 0 Å². The van der Waals surface area contributed by atoms with E-state index < -0.39 is 6.04 Å². The molecule has 2 aromatic rings. The second-order valence-electron chi connectivity index (χ2n) is 4.26. The molecule has 18 heavy (non-hydrogen) atoms. The number of carbonyl (C=O) groups is 2. The molecule has 92 valence electrons. The van der Waals surface area contributed by atoms with E-state index in [-0.39, 0.29) is 18.2 Å². The van der Waals surface area contributed by atoms with Crippen molar-refractivity contribution >= 4 is 23.3 Å². The Bertz CT molecular complexity index is 634. The quantitative estimate of drug-likeness (QED) is 0.781. The summed E-state index contributed by atoms with van der Waals surface area (Å²) in [5, 5.41) is 3.09. The van der Waals surface area contributed by atoms with Gasteiger partial charge in [0.2, 0.25) is 5.91 Å². The van der Waals surface area contributed by atoms with Gasteiger partial charge in [0.15, 0.2) is 0 Å². The van der Waals surface area contributed by atoms with E-state index in [1.54, 1.807) is 6.20 Å². The van der Waals surface area contributed by atoms with Crippen molar-refractivity contribution in [1.82, 2.24) is 14.3 Å². The molecule has 0 aromatic carbocycles. The van der Waals surface area contributed by atoms with Crippen molar-refractivity contribution in [2.45, 2.75) is 12.5 Å². The first-order chi connectivity index (χ1) is 8.66. The van der Waals surface area contributed by atoms with Crippen LogP contribution in [0.5, 0.6) is 0 Å². The third kappa shape index (κ3) is 1.54. The lowest BCUT2D eigenvalue weighted by Gasteiger charge is -2.13. The third-order valence-corrected chi connectivity index (χ3v) is 3.13. The van der Waals surface area contributed by atoms with Gasteiger partial charge in [-0.05, 0) is 12.1 Å². The Labute approximate surface area is 103 Å². The van der Waals surface area contributed by atoms with E-state index in [4.69, 9.17) is 0 Å². The van der Waals surface area contributed by atoms with Gasteiger partial charge in [0.25, 0.3) is 5.91 Å². The minimum absolute atomic E-state index is 0.157. The van der Waals surface area contributed by atoms with E-state index in [1.165, 1.54) is 7.05 Å². The standard InChI is InChI=1S/C12H12N4O2/c1-15-11(17)7-8(12(15)18)14-10-4-2-3-9-13-5-6-16(9)10/h2-6,8,14H,7H2,1H3. The number of hydrogen-bond donors (Lipinski definition) is 1. The molecule has 6 nitrogen and oxygen atoms in total. The zero-order valence-corrected chi connectivity index (χ0v) is 9.83. The Morgan fingerprint density at radius 2 is 2.22 bits per heavy atom. The fourth-order valence-corrected chi connectivity index (χ4v) is 2.11. The Balaban J connectivity index is 1.91. The predicted molar refractivity (Wildman–Crippen MR) is 65.0 cm³/mol. The maximum atomic E-state index is 11.8. The highest BCUT2D eigenvalue weighted by Gasteiger charge is 2.36. The van der Waals surface area contributed by atoms with Gasteiger partial charge in [-0.25, -0.2) is 4.98 Å². The van der Waals surface area contributed by atoms with Gasteiger partial charge in [-0.2, -0.15) is 0 Å². The van der Waals surface area contributed by atoms with E-state index in [0.29, 0.717) is 0 Å². The lowest BCUT2D eigenvalue weighted by molar-refractivity contribution is -0.136. The number of anilines is 1. The third-order valence-electron chi connectivity index (χ3n) is 3.13. The highest BCUT2D eigenvalue weighted by molar-refractivity contribution is 6.06. The van der Waals surface area contributed by atoms with E-state index >= 15 is 0 Å². The van der Waals surface area contributed by atoms with E-state index in [9.17, 15) is 9.59 Å². The molecule has 2 amide bonds. The second-order valence-corrected chi connectivity index (χ2v) is 4.26. The summed E-state index contributed by atoms with van der Waals surface area (Å²) in [6.07, 6.45) is 3.69. The molecule has 2 aromatic heterocycles. The molecular weight excluding hydrogens is 232 g/mol. The maximum absolute atomic E-state index is 11.8. The van der Waals surface area contributed by atoms with Gasteiger partial charge in [-0.3, -0.25) is 18.9 Å². The number of fused-ring (bicyclic) bond motifs is 1. The first-order valence-corrected chi connectivity index (χ1v) is 5.66. The number of amides is 2. The van der Waals surface area contributed by atoms with Crippen LogP contribution in [0.15, 0.2) is 30.6 Å². The molecule has 0 saturated carbocycles. The number of likely N-dealkylation sites (tertiary alicyclic amines) is 1. The van der Waals surface area contributed by atoms with E-state index in [0.717, 1.165) is 16.4 Å². The van der Waals surface area contributed by atoms with Gasteiger partial charge in [0.05, 0.1) is 6.42 Å². The maximum Gasteiger partial charge on any atom is 0.251 e. The zero-order valence-electron chi connectivity index (χ0n) is 9.83. The average molecular weight is 244 g/mol. The molecule has 1 atom stereocenters. The Hall–Kier alpha value is -2.37. The molecule has 0 bridgehead atoms. The van der Waals surface area contributed by atoms with Crippen molar-refractivity contribution in [3.8, 4) is 0 Å². The fourth-order valence-electron chi connectivity index (χ4n) is 2.11. The molecule has 3 rings (SSSR count). The summed E-state index contributed by atoms with van der Waals surface area (Å²) in [5.74, 6) is 0.402. The monoisotopic (exact) mass is 244 g/mol. The number of carbonyl (C=O) groups excluding carboxylic acids is 2. The van der Waals surface area contributed by atoms with Crippen LogP contribution in [-0.2, 0) is 9.59 Å². The first kappa shape index (κ1) is 10.8. The van der Waals surface area contributed by atoms with Crippen LogP contribution in [0.1, 0.15) is 6.42 Å². The summed E-state index contributed by atoms with van der Waals surface area (Å²) in [5.41, 5.74) is 0.796. The molecule has 1 fully saturated rings. The number of nitrogens with zero attached hydrogens (tertiary/aromatic N) is 3. The largest absolute Gasteiger partial charge is 0.359 e. The average Bonchev–Trinajstić information content (AvgIpc) is 2.92. The molecule has 3 heterocycles. The minimum Gasteiger partial charge on any atom is -0.359 e. The van der Waals surface area contributed by atoms with Crippen LogP contribution in [0.4, 0.5) is 5.82 Å².